The highest BCUT2D eigenvalue weighted by Gasteiger charge is 2.55. The molecule has 3 N–H and O–H groups in total. The highest BCUT2D eigenvalue weighted by atomic mass is 35.5. The van der Waals surface area contributed by atoms with E-state index >= 15 is 0 Å². The van der Waals surface area contributed by atoms with E-state index in [9.17, 15) is 9.90 Å². The molecule has 2 aromatic rings. The molecular formula is C20H21ClN4O2. The van der Waals surface area contributed by atoms with Crippen molar-refractivity contribution >= 4 is 23.5 Å². The number of aliphatic hydroxyl groups excluding tert-OH is 1. The summed E-state index contributed by atoms with van der Waals surface area (Å²) in [6.07, 6.45) is 4.39. The van der Waals surface area contributed by atoms with E-state index in [1.165, 1.54) is 4.90 Å². The Morgan fingerprint density at radius 2 is 2.07 bits per heavy atom. The molecule has 0 radical (unpaired) electrons. The summed E-state index contributed by atoms with van der Waals surface area (Å²) in [6, 6.07) is 7.80. The third kappa shape index (κ3) is 2.71. The van der Waals surface area contributed by atoms with Crippen molar-refractivity contribution in [1.82, 2.24) is 9.88 Å². The van der Waals surface area contributed by atoms with Crippen LogP contribution in [0.1, 0.15) is 24.5 Å². The molecule has 2 aliphatic rings. The number of carbonyl (C=O) groups excluding carboxylic acids is 1. The lowest BCUT2D eigenvalue weighted by Gasteiger charge is -2.42. The number of amides is 1. The number of fused-ring (bicyclic) bond motifs is 2. The van der Waals surface area contributed by atoms with Crippen LogP contribution in [0, 0.1) is 5.41 Å². The van der Waals surface area contributed by atoms with Crippen LogP contribution in [0.15, 0.2) is 41.7 Å². The van der Waals surface area contributed by atoms with Gasteiger partial charge in [-0.3, -0.25) is 14.7 Å². The number of nitrogens with zero attached hydrogens (tertiary/aromatic N) is 3. The molecule has 1 amide bonds. The number of carbonyl (C=O) groups is 1. The van der Waals surface area contributed by atoms with Crippen molar-refractivity contribution in [2.45, 2.75) is 25.3 Å². The number of likely N-dealkylation sites (N-methyl/N-ethyl adjacent to an activating group) is 1. The van der Waals surface area contributed by atoms with E-state index < -0.39 is 11.0 Å². The molecule has 7 heteroatoms. The number of benzene rings is 1. The second-order valence-electron chi connectivity index (χ2n) is 7.78. The number of hydrogen-bond acceptors (Lipinski definition) is 5. The first kappa shape index (κ1) is 17.9. The van der Waals surface area contributed by atoms with Gasteiger partial charge in [-0.2, -0.15) is 0 Å². The Balaban J connectivity index is 1.93. The number of aliphatic imine (C=N–C) groups is 1. The fraction of sp³-hybridized carbons (Fsp3) is 0.350. The molecule has 1 spiro atoms. The largest absolute Gasteiger partial charge is 0.396 e. The number of aromatic nitrogens is 1. The van der Waals surface area contributed by atoms with Crippen LogP contribution in [0.2, 0.25) is 5.02 Å². The molecule has 0 saturated carbocycles. The van der Waals surface area contributed by atoms with Crippen LogP contribution in [0.25, 0.3) is 11.1 Å². The first-order valence-corrected chi connectivity index (χ1v) is 9.14. The fourth-order valence-electron chi connectivity index (χ4n) is 4.20. The van der Waals surface area contributed by atoms with Crippen LogP contribution in [0.3, 0.4) is 0 Å². The molecule has 2 unspecified atom stereocenters. The van der Waals surface area contributed by atoms with E-state index in [1.807, 2.05) is 31.2 Å². The van der Waals surface area contributed by atoms with Gasteiger partial charge >= 0.3 is 0 Å². The zero-order chi connectivity index (χ0) is 19.4. The maximum absolute atomic E-state index is 13.2. The lowest BCUT2D eigenvalue weighted by atomic mass is 9.64. The molecule has 0 bridgehead atoms. The average Bonchev–Trinajstić information content (AvgIpc) is 2.86. The summed E-state index contributed by atoms with van der Waals surface area (Å²) in [7, 11) is 1.63. The predicted octanol–water partition coefficient (Wildman–Crippen LogP) is 2.33. The Hall–Kier alpha value is -2.44. The van der Waals surface area contributed by atoms with E-state index in [2.05, 4.69) is 9.98 Å². The lowest BCUT2D eigenvalue weighted by molar-refractivity contribution is -0.132. The van der Waals surface area contributed by atoms with Crippen molar-refractivity contribution in [3.63, 3.8) is 0 Å². The molecule has 0 saturated heterocycles. The van der Waals surface area contributed by atoms with Crippen molar-refractivity contribution in [3.05, 3.63) is 52.8 Å². The van der Waals surface area contributed by atoms with E-state index in [0.29, 0.717) is 17.9 Å². The minimum absolute atomic E-state index is 0.0272. The smallest absolute Gasteiger partial charge is 0.261 e. The van der Waals surface area contributed by atoms with Crippen molar-refractivity contribution in [3.8, 4) is 11.1 Å². The average molecular weight is 385 g/mol. The quantitative estimate of drug-likeness (QED) is 0.831. The molecule has 1 aromatic heterocycles. The first-order valence-electron chi connectivity index (χ1n) is 8.77. The minimum atomic E-state index is -1.11. The van der Waals surface area contributed by atoms with Crippen molar-refractivity contribution in [2.24, 2.45) is 16.1 Å². The number of aliphatic hydroxyl groups is 1. The summed E-state index contributed by atoms with van der Waals surface area (Å²) in [5.41, 5.74) is 8.05. The fourth-order valence-corrected chi connectivity index (χ4v) is 4.38. The SMILES string of the molecule is CN1C(=O)C2(CC(C)(CO)Cc3ccc(-c4cncc(Cl)c4)cc32)N=C1N. The predicted molar refractivity (Wildman–Crippen MR) is 104 cm³/mol. The van der Waals surface area contributed by atoms with Crippen LogP contribution in [0.5, 0.6) is 0 Å². The number of hydrogen-bond donors (Lipinski definition) is 2. The van der Waals surface area contributed by atoms with Crippen LogP contribution in [0.4, 0.5) is 0 Å². The van der Waals surface area contributed by atoms with Gasteiger partial charge in [0.05, 0.1) is 5.02 Å². The first-order chi connectivity index (χ1) is 12.8. The normalized spacial score (nSPS) is 27.0. The summed E-state index contributed by atoms with van der Waals surface area (Å²) >= 11 is 6.09. The second kappa shape index (κ2) is 6.04. The molecule has 2 heterocycles. The van der Waals surface area contributed by atoms with Gasteiger partial charge in [0.15, 0.2) is 11.5 Å². The molecule has 0 fully saturated rings. The standard InChI is InChI=1S/C20H21ClN4O2/c1-19(11-26)7-13-4-3-12(14-5-15(21)9-23-8-14)6-16(13)20(10-19)17(27)25(2)18(22)24-20/h3-6,8-9,26H,7,10-11H2,1-2H3,(H2,22,24). The van der Waals surface area contributed by atoms with Gasteiger partial charge in [0.25, 0.3) is 5.91 Å². The van der Waals surface area contributed by atoms with Gasteiger partial charge in [-0.25, -0.2) is 4.99 Å². The number of nitrogens with two attached hydrogens (primary N) is 1. The number of halogens is 1. The number of pyridine rings is 1. The molecule has 6 nitrogen and oxygen atoms in total. The van der Waals surface area contributed by atoms with Gasteiger partial charge in [-0.1, -0.05) is 30.7 Å². The van der Waals surface area contributed by atoms with E-state index in [1.54, 1.807) is 19.4 Å². The van der Waals surface area contributed by atoms with Gasteiger partial charge in [0, 0.05) is 31.6 Å². The maximum Gasteiger partial charge on any atom is 0.261 e. The summed E-state index contributed by atoms with van der Waals surface area (Å²) < 4.78 is 0. The number of guanidine groups is 1. The van der Waals surface area contributed by atoms with Crippen molar-refractivity contribution in [2.75, 3.05) is 13.7 Å². The van der Waals surface area contributed by atoms with Crippen molar-refractivity contribution in [1.29, 1.82) is 0 Å². The molecule has 27 heavy (non-hydrogen) atoms. The molecule has 2 atom stereocenters. The van der Waals surface area contributed by atoms with Gasteiger partial charge in [0.1, 0.15) is 0 Å². The second-order valence-corrected chi connectivity index (χ2v) is 8.22. The van der Waals surface area contributed by atoms with E-state index in [4.69, 9.17) is 17.3 Å². The van der Waals surface area contributed by atoms with Crippen LogP contribution < -0.4 is 5.73 Å². The minimum Gasteiger partial charge on any atom is -0.396 e. The van der Waals surface area contributed by atoms with E-state index in [0.717, 1.165) is 22.3 Å². The molecule has 4 rings (SSSR count). The molecule has 140 valence electrons. The molecule has 1 aromatic carbocycles. The summed E-state index contributed by atoms with van der Waals surface area (Å²) in [4.78, 5) is 23.3. The van der Waals surface area contributed by atoms with Gasteiger partial charge in [-0.05, 0) is 47.1 Å². The number of rotatable bonds is 2. The van der Waals surface area contributed by atoms with E-state index in [-0.39, 0.29) is 18.5 Å². The molecule has 1 aliphatic heterocycles. The monoisotopic (exact) mass is 384 g/mol. The van der Waals surface area contributed by atoms with Crippen LogP contribution >= 0.6 is 11.6 Å². The molecular weight excluding hydrogens is 364 g/mol. The third-order valence-electron chi connectivity index (χ3n) is 5.58. The lowest BCUT2D eigenvalue weighted by Crippen LogP contribution is -2.47. The van der Waals surface area contributed by atoms with Gasteiger partial charge in [-0.15, -0.1) is 0 Å². The zero-order valence-corrected chi connectivity index (χ0v) is 16.0. The maximum atomic E-state index is 13.2. The Bertz CT molecular complexity index is 976. The summed E-state index contributed by atoms with van der Waals surface area (Å²) in [6.45, 7) is 1.95. The Kier molecular flexibility index (Phi) is 4.01. The molecule has 1 aliphatic carbocycles. The van der Waals surface area contributed by atoms with Gasteiger partial charge < -0.3 is 10.8 Å². The highest BCUT2D eigenvalue weighted by molar-refractivity contribution is 6.30. The Labute approximate surface area is 162 Å². The van der Waals surface area contributed by atoms with Crippen molar-refractivity contribution < 1.29 is 9.90 Å². The Morgan fingerprint density at radius 3 is 2.70 bits per heavy atom. The zero-order valence-electron chi connectivity index (χ0n) is 15.2. The van der Waals surface area contributed by atoms with Gasteiger partial charge in [0.2, 0.25) is 0 Å². The topological polar surface area (TPSA) is 91.8 Å². The Morgan fingerprint density at radius 1 is 1.30 bits per heavy atom. The third-order valence-corrected chi connectivity index (χ3v) is 5.79. The van der Waals surface area contributed by atoms with Crippen LogP contribution in [-0.4, -0.2) is 40.5 Å². The highest BCUT2D eigenvalue weighted by Crippen LogP contribution is 2.50. The summed E-state index contributed by atoms with van der Waals surface area (Å²) in [5.74, 6) is 0.0324. The summed E-state index contributed by atoms with van der Waals surface area (Å²) in [5, 5.41) is 10.5. The van der Waals surface area contributed by atoms with Crippen LogP contribution in [-0.2, 0) is 16.8 Å².